The topological polar surface area (TPSA) is 71.7 Å². The second-order valence-electron chi connectivity index (χ2n) is 7.21. The average molecular weight is 424 g/mol. The maximum Gasteiger partial charge on any atom is 0.161 e. The Kier molecular flexibility index (Phi) is 10.5. The summed E-state index contributed by atoms with van der Waals surface area (Å²) in [6.45, 7) is 7.86. The molecule has 0 spiro atoms. The summed E-state index contributed by atoms with van der Waals surface area (Å²) in [5.74, 6) is 2.21. The minimum Gasteiger partial charge on any atom is -0.494 e. The third-order valence-electron chi connectivity index (χ3n) is 4.79. The van der Waals surface area contributed by atoms with Crippen LogP contribution in [0.3, 0.4) is 0 Å². The Labute approximate surface area is 185 Å². The Balaban J connectivity index is 2.17. The number of aliphatic hydroxyl groups is 1. The van der Waals surface area contributed by atoms with E-state index >= 15 is 0 Å². The predicted molar refractivity (Wildman–Crippen MR) is 124 cm³/mol. The van der Waals surface area contributed by atoms with Crippen molar-refractivity contribution >= 4 is 11.6 Å². The fourth-order valence-corrected chi connectivity index (χ4v) is 3.23. The number of nitrogens with zero attached hydrogens (tertiary/aromatic N) is 1. The van der Waals surface area contributed by atoms with Gasteiger partial charge in [0.2, 0.25) is 0 Å². The zero-order chi connectivity index (χ0) is 22.5. The van der Waals surface area contributed by atoms with Gasteiger partial charge >= 0.3 is 0 Å². The number of hydrogen-bond acceptors (Lipinski definition) is 5. The molecule has 0 saturated carbocycles. The van der Waals surface area contributed by atoms with E-state index in [9.17, 15) is 5.26 Å². The van der Waals surface area contributed by atoms with E-state index in [1.54, 1.807) is 0 Å². The third kappa shape index (κ3) is 7.66. The molecule has 2 rings (SSSR count). The van der Waals surface area contributed by atoms with Gasteiger partial charge in [-0.15, -0.1) is 0 Å². The highest BCUT2D eigenvalue weighted by molar-refractivity contribution is 5.90. The lowest BCUT2D eigenvalue weighted by Crippen LogP contribution is -2.01. The maximum absolute atomic E-state index is 9.72. The van der Waals surface area contributed by atoms with Crippen LogP contribution in [0.5, 0.6) is 17.2 Å². The second kappa shape index (κ2) is 13.4. The summed E-state index contributed by atoms with van der Waals surface area (Å²) in [5.41, 5.74) is 3.30. The molecule has 5 heteroatoms. The molecule has 0 fully saturated rings. The number of ether oxygens (including phenoxy) is 3. The van der Waals surface area contributed by atoms with Gasteiger partial charge < -0.3 is 19.3 Å². The molecule has 0 atom stereocenters. The molecule has 0 saturated heterocycles. The van der Waals surface area contributed by atoms with Crippen LogP contribution in [0.15, 0.2) is 36.4 Å². The van der Waals surface area contributed by atoms with Crippen molar-refractivity contribution in [2.75, 3.05) is 26.4 Å². The van der Waals surface area contributed by atoms with Crippen molar-refractivity contribution in [3.05, 3.63) is 53.1 Å². The van der Waals surface area contributed by atoms with Crippen LogP contribution in [0.2, 0.25) is 0 Å². The third-order valence-corrected chi connectivity index (χ3v) is 4.79. The van der Waals surface area contributed by atoms with Gasteiger partial charge in [0.1, 0.15) is 5.75 Å². The SMILES string of the molecule is CCOc1ccc(/C(C#N)=C/c2ccc(OCCCCCCO)c(OCC)c2)cc1C. The Bertz CT molecular complexity index is 899. The Morgan fingerprint density at radius 1 is 0.903 bits per heavy atom. The van der Waals surface area contributed by atoms with Crippen molar-refractivity contribution in [1.29, 1.82) is 5.26 Å². The summed E-state index contributed by atoms with van der Waals surface area (Å²) in [7, 11) is 0. The molecule has 1 N–H and O–H groups in total. The van der Waals surface area contributed by atoms with Gasteiger partial charge in [-0.2, -0.15) is 5.26 Å². The van der Waals surface area contributed by atoms with E-state index in [-0.39, 0.29) is 6.61 Å². The van der Waals surface area contributed by atoms with E-state index in [2.05, 4.69) is 6.07 Å². The van der Waals surface area contributed by atoms with E-state index < -0.39 is 0 Å². The summed E-state index contributed by atoms with van der Waals surface area (Å²) in [4.78, 5) is 0. The highest BCUT2D eigenvalue weighted by atomic mass is 16.5. The van der Waals surface area contributed by atoms with Crippen LogP contribution in [0.25, 0.3) is 11.6 Å². The summed E-state index contributed by atoms with van der Waals surface area (Å²) >= 11 is 0. The van der Waals surface area contributed by atoms with Crippen molar-refractivity contribution in [3.63, 3.8) is 0 Å². The van der Waals surface area contributed by atoms with Gasteiger partial charge in [0.15, 0.2) is 11.5 Å². The van der Waals surface area contributed by atoms with Gasteiger partial charge in [0.05, 0.1) is 31.5 Å². The van der Waals surface area contributed by atoms with Gasteiger partial charge in [-0.1, -0.05) is 12.5 Å². The molecule has 0 radical (unpaired) electrons. The highest BCUT2D eigenvalue weighted by Gasteiger charge is 2.09. The van der Waals surface area contributed by atoms with Crippen molar-refractivity contribution in [1.82, 2.24) is 0 Å². The molecule has 0 aliphatic rings. The number of hydrogen-bond donors (Lipinski definition) is 1. The Hall–Kier alpha value is -2.97. The minimum absolute atomic E-state index is 0.241. The first-order valence-electron chi connectivity index (χ1n) is 11.0. The lowest BCUT2D eigenvalue weighted by atomic mass is 10.0. The first-order valence-corrected chi connectivity index (χ1v) is 11.0. The molecule has 0 aliphatic heterocycles. The van der Waals surface area contributed by atoms with E-state index in [0.29, 0.717) is 36.9 Å². The molecular formula is C26H33NO4. The molecule has 0 unspecified atom stereocenters. The van der Waals surface area contributed by atoms with Crippen LogP contribution in [0.1, 0.15) is 56.2 Å². The first-order chi connectivity index (χ1) is 15.1. The molecule has 0 aliphatic carbocycles. The van der Waals surface area contributed by atoms with Crippen molar-refractivity contribution < 1.29 is 19.3 Å². The molecule has 0 amide bonds. The molecule has 0 bridgehead atoms. The van der Waals surface area contributed by atoms with Gasteiger partial charge in [-0.25, -0.2) is 0 Å². The summed E-state index contributed by atoms with van der Waals surface area (Å²) in [5, 5.41) is 18.6. The number of benzene rings is 2. The summed E-state index contributed by atoms with van der Waals surface area (Å²) in [6, 6.07) is 13.8. The van der Waals surface area contributed by atoms with Crippen molar-refractivity contribution in [2.45, 2.75) is 46.5 Å². The van der Waals surface area contributed by atoms with Gasteiger partial charge in [-0.3, -0.25) is 0 Å². The molecular weight excluding hydrogens is 390 g/mol. The number of unbranched alkanes of at least 4 members (excludes halogenated alkanes) is 3. The second-order valence-corrected chi connectivity index (χ2v) is 7.21. The number of aliphatic hydroxyl groups excluding tert-OH is 1. The first kappa shape index (κ1) is 24.3. The fraction of sp³-hybridized carbons (Fsp3) is 0.423. The van der Waals surface area contributed by atoms with E-state index in [1.165, 1.54) is 0 Å². The highest BCUT2D eigenvalue weighted by Crippen LogP contribution is 2.31. The van der Waals surface area contributed by atoms with Crippen LogP contribution in [0, 0.1) is 18.3 Å². The largest absolute Gasteiger partial charge is 0.494 e. The van der Waals surface area contributed by atoms with Crippen LogP contribution in [-0.2, 0) is 0 Å². The van der Waals surface area contributed by atoms with E-state index in [4.69, 9.17) is 19.3 Å². The van der Waals surface area contributed by atoms with Crippen molar-refractivity contribution in [3.8, 4) is 23.3 Å². The molecule has 0 heterocycles. The number of rotatable bonds is 13. The lowest BCUT2D eigenvalue weighted by Gasteiger charge is -2.13. The molecule has 0 aromatic heterocycles. The monoisotopic (exact) mass is 423 g/mol. The van der Waals surface area contributed by atoms with E-state index in [1.807, 2.05) is 63.2 Å². The molecule has 2 aromatic rings. The molecule has 2 aromatic carbocycles. The van der Waals surface area contributed by atoms with Crippen LogP contribution in [0.4, 0.5) is 0 Å². The van der Waals surface area contributed by atoms with Gasteiger partial charge in [-0.05, 0) is 93.1 Å². The standard InChI is InChI=1S/C26H33NO4/c1-4-29-24-13-11-22(16-20(24)3)23(19-27)17-21-10-12-25(26(18-21)30-5-2)31-15-9-7-6-8-14-28/h10-13,16-18,28H,4-9,14-15H2,1-3H3/b23-17+. The number of allylic oxidation sites excluding steroid dienone is 1. The van der Waals surface area contributed by atoms with Gasteiger partial charge in [0.25, 0.3) is 0 Å². The molecule has 31 heavy (non-hydrogen) atoms. The average Bonchev–Trinajstić information content (AvgIpc) is 2.77. The summed E-state index contributed by atoms with van der Waals surface area (Å²) in [6.07, 6.45) is 5.65. The summed E-state index contributed by atoms with van der Waals surface area (Å²) < 4.78 is 17.3. The predicted octanol–water partition coefficient (Wildman–Crippen LogP) is 5.79. The Morgan fingerprint density at radius 2 is 1.61 bits per heavy atom. The van der Waals surface area contributed by atoms with E-state index in [0.717, 1.165) is 48.1 Å². The van der Waals surface area contributed by atoms with Crippen LogP contribution < -0.4 is 14.2 Å². The van der Waals surface area contributed by atoms with Crippen molar-refractivity contribution in [2.24, 2.45) is 0 Å². The van der Waals surface area contributed by atoms with Crippen LogP contribution >= 0.6 is 0 Å². The fourth-order valence-electron chi connectivity index (χ4n) is 3.23. The van der Waals surface area contributed by atoms with Gasteiger partial charge in [0, 0.05) is 6.61 Å². The minimum atomic E-state index is 0.241. The number of nitriles is 1. The number of aryl methyl sites for hydroxylation is 1. The normalized spacial score (nSPS) is 11.1. The zero-order valence-corrected chi connectivity index (χ0v) is 18.8. The van der Waals surface area contributed by atoms with Crippen LogP contribution in [-0.4, -0.2) is 31.5 Å². The Morgan fingerprint density at radius 3 is 2.29 bits per heavy atom. The smallest absolute Gasteiger partial charge is 0.161 e. The lowest BCUT2D eigenvalue weighted by molar-refractivity contribution is 0.262. The molecule has 5 nitrogen and oxygen atoms in total. The molecule has 166 valence electrons. The quantitative estimate of drug-likeness (QED) is 0.251. The zero-order valence-electron chi connectivity index (χ0n) is 18.8. The maximum atomic E-state index is 9.72.